The van der Waals surface area contributed by atoms with Crippen molar-refractivity contribution in [2.45, 2.75) is 18.9 Å². The van der Waals surface area contributed by atoms with Crippen LogP contribution in [0.5, 0.6) is 5.75 Å². The molecule has 108 valence electrons. The molecule has 0 amide bonds. The predicted molar refractivity (Wildman–Crippen MR) is 89.0 cm³/mol. The number of benzene rings is 1. The van der Waals surface area contributed by atoms with Crippen molar-refractivity contribution in [3.63, 3.8) is 0 Å². The van der Waals surface area contributed by atoms with E-state index in [-0.39, 0.29) is 0 Å². The monoisotopic (exact) mass is 336 g/mol. The molecule has 0 radical (unpaired) electrons. The summed E-state index contributed by atoms with van der Waals surface area (Å²) in [6.07, 6.45) is 0.922. The van der Waals surface area contributed by atoms with E-state index in [1.54, 1.807) is 22.7 Å². The zero-order valence-corrected chi connectivity index (χ0v) is 13.5. The Morgan fingerprint density at radius 1 is 1.29 bits per heavy atom. The lowest BCUT2D eigenvalue weighted by Gasteiger charge is -2.12. The molecule has 0 spiro atoms. The Bertz CT molecular complexity index is 777. The SMILES string of the molecule is OC(Cc1cc(Cl)cc2c1OCC2)c1cc2sccc2s1. The molecule has 0 bridgehead atoms. The van der Waals surface area contributed by atoms with E-state index in [1.165, 1.54) is 9.40 Å². The molecule has 2 aromatic heterocycles. The lowest BCUT2D eigenvalue weighted by atomic mass is 10.0. The summed E-state index contributed by atoms with van der Waals surface area (Å²) in [5, 5.41) is 13.3. The summed E-state index contributed by atoms with van der Waals surface area (Å²) in [6, 6.07) is 8.05. The summed E-state index contributed by atoms with van der Waals surface area (Å²) in [6.45, 7) is 0.702. The molecular formula is C16H13ClO2S2. The third-order valence-electron chi connectivity index (χ3n) is 3.73. The standard InChI is InChI=1S/C16H13ClO2S2/c17-11-5-9-1-3-19-16(9)10(6-11)7-12(18)14-8-15-13(21-14)2-4-20-15/h2,4-6,8,12,18H,1,3,7H2. The summed E-state index contributed by atoms with van der Waals surface area (Å²) in [5.74, 6) is 0.914. The van der Waals surface area contributed by atoms with Gasteiger partial charge in [-0.1, -0.05) is 11.6 Å². The molecule has 1 N–H and O–H groups in total. The van der Waals surface area contributed by atoms with Crippen LogP contribution in [0.1, 0.15) is 22.1 Å². The Balaban J connectivity index is 1.65. The van der Waals surface area contributed by atoms with E-state index < -0.39 is 6.10 Å². The fourth-order valence-electron chi connectivity index (χ4n) is 2.76. The van der Waals surface area contributed by atoms with Crippen LogP contribution in [0.4, 0.5) is 0 Å². The highest BCUT2D eigenvalue weighted by Gasteiger charge is 2.21. The number of aliphatic hydroxyl groups is 1. The first kappa shape index (κ1) is 13.6. The van der Waals surface area contributed by atoms with Crippen LogP contribution in [-0.4, -0.2) is 11.7 Å². The van der Waals surface area contributed by atoms with E-state index in [1.807, 2.05) is 12.1 Å². The number of aliphatic hydroxyl groups excluding tert-OH is 1. The van der Waals surface area contributed by atoms with Gasteiger partial charge in [-0.3, -0.25) is 0 Å². The van der Waals surface area contributed by atoms with Gasteiger partial charge in [-0.25, -0.2) is 0 Å². The van der Waals surface area contributed by atoms with Crippen molar-refractivity contribution in [2.75, 3.05) is 6.61 Å². The summed E-state index contributed by atoms with van der Waals surface area (Å²) < 4.78 is 8.18. The Labute approximate surface area is 135 Å². The van der Waals surface area contributed by atoms with Crippen LogP contribution in [0.15, 0.2) is 29.6 Å². The molecule has 0 fully saturated rings. The van der Waals surface area contributed by atoms with Gasteiger partial charge in [0.2, 0.25) is 0 Å². The van der Waals surface area contributed by atoms with Crippen molar-refractivity contribution in [1.29, 1.82) is 0 Å². The second-order valence-corrected chi connectivity index (χ2v) is 7.67. The first-order chi connectivity index (χ1) is 10.2. The molecule has 21 heavy (non-hydrogen) atoms. The highest BCUT2D eigenvalue weighted by molar-refractivity contribution is 7.26. The van der Waals surface area contributed by atoms with Gasteiger partial charge in [0.1, 0.15) is 5.75 Å². The van der Waals surface area contributed by atoms with Crippen molar-refractivity contribution < 1.29 is 9.84 Å². The molecule has 3 aromatic rings. The van der Waals surface area contributed by atoms with Crippen LogP contribution in [0.2, 0.25) is 5.02 Å². The zero-order valence-electron chi connectivity index (χ0n) is 11.1. The van der Waals surface area contributed by atoms with Gasteiger partial charge in [0.25, 0.3) is 0 Å². The van der Waals surface area contributed by atoms with Crippen molar-refractivity contribution in [2.24, 2.45) is 0 Å². The van der Waals surface area contributed by atoms with E-state index in [0.29, 0.717) is 18.1 Å². The van der Waals surface area contributed by atoms with E-state index in [4.69, 9.17) is 16.3 Å². The van der Waals surface area contributed by atoms with E-state index in [2.05, 4.69) is 17.5 Å². The van der Waals surface area contributed by atoms with Gasteiger partial charge in [0.15, 0.2) is 0 Å². The quantitative estimate of drug-likeness (QED) is 0.742. The van der Waals surface area contributed by atoms with Gasteiger partial charge < -0.3 is 9.84 Å². The highest BCUT2D eigenvalue weighted by Crippen LogP contribution is 2.38. The molecule has 1 atom stereocenters. The van der Waals surface area contributed by atoms with Gasteiger partial charge in [0.05, 0.1) is 12.7 Å². The maximum atomic E-state index is 10.5. The molecule has 5 heteroatoms. The Morgan fingerprint density at radius 3 is 3.05 bits per heavy atom. The molecule has 3 heterocycles. The second-order valence-electron chi connectivity index (χ2n) is 5.17. The molecule has 1 aliphatic heterocycles. The highest BCUT2D eigenvalue weighted by atomic mass is 35.5. The van der Waals surface area contributed by atoms with E-state index >= 15 is 0 Å². The van der Waals surface area contributed by atoms with Crippen LogP contribution in [-0.2, 0) is 12.8 Å². The first-order valence-corrected chi connectivity index (χ1v) is 8.87. The number of hydrogen-bond donors (Lipinski definition) is 1. The smallest absolute Gasteiger partial charge is 0.126 e. The maximum Gasteiger partial charge on any atom is 0.126 e. The Kier molecular flexibility index (Phi) is 3.42. The minimum atomic E-state index is -0.513. The number of halogens is 1. The zero-order chi connectivity index (χ0) is 14.4. The van der Waals surface area contributed by atoms with Gasteiger partial charge in [-0.05, 0) is 40.8 Å². The van der Waals surface area contributed by atoms with E-state index in [0.717, 1.165) is 28.2 Å². The van der Waals surface area contributed by atoms with Gasteiger partial charge in [-0.15, -0.1) is 22.7 Å². The average molecular weight is 337 g/mol. The summed E-state index contributed by atoms with van der Waals surface area (Å²) in [7, 11) is 0. The molecule has 1 unspecified atom stereocenters. The van der Waals surface area contributed by atoms with E-state index in [9.17, 15) is 5.11 Å². The molecule has 0 saturated carbocycles. The summed E-state index contributed by atoms with van der Waals surface area (Å²) in [5.41, 5.74) is 2.15. The third kappa shape index (κ3) is 2.46. The van der Waals surface area contributed by atoms with Gasteiger partial charge in [0, 0.05) is 32.1 Å². The van der Waals surface area contributed by atoms with Crippen molar-refractivity contribution >= 4 is 43.7 Å². The minimum Gasteiger partial charge on any atom is -0.493 e. The number of thiophene rings is 2. The fraction of sp³-hybridized carbons (Fsp3) is 0.250. The van der Waals surface area contributed by atoms with Crippen LogP contribution >= 0.6 is 34.3 Å². The Hall–Kier alpha value is -1.07. The first-order valence-electron chi connectivity index (χ1n) is 6.80. The predicted octanol–water partition coefficient (Wildman–Crippen LogP) is 4.83. The van der Waals surface area contributed by atoms with Crippen LogP contribution in [0.3, 0.4) is 0 Å². The summed E-state index contributed by atoms with van der Waals surface area (Å²) >= 11 is 9.54. The maximum absolute atomic E-state index is 10.5. The molecular weight excluding hydrogens is 324 g/mol. The van der Waals surface area contributed by atoms with Crippen LogP contribution in [0.25, 0.3) is 9.40 Å². The van der Waals surface area contributed by atoms with Crippen molar-refractivity contribution in [3.05, 3.63) is 50.7 Å². The molecule has 4 rings (SSSR count). The summed E-state index contributed by atoms with van der Waals surface area (Å²) in [4.78, 5) is 1.00. The molecule has 1 aromatic carbocycles. The van der Waals surface area contributed by atoms with Gasteiger partial charge >= 0.3 is 0 Å². The molecule has 2 nitrogen and oxygen atoms in total. The number of ether oxygens (including phenoxy) is 1. The minimum absolute atomic E-state index is 0.513. The van der Waals surface area contributed by atoms with Crippen LogP contribution in [0, 0.1) is 0 Å². The number of rotatable bonds is 3. The largest absolute Gasteiger partial charge is 0.493 e. The molecule has 1 aliphatic rings. The second kappa shape index (κ2) is 5.29. The number of hydrogen-bond acceptors (Lipinski definition) is 4. The molecule has 0 aliphatic carbocycles. The van der Waals surface area contributed by atoms with Crippen molar-refractivity contribution in [3.8, 4) is 5.75 Å². The average Bonchev–Trinajstić information content (AvgIpc) is 3.12. The fourth-order valence-corrected chi connectivity index (χ4v) is 5.12. The van der Waals surface area contributed by atoms with Crippen LogP contribution < -0.4 is 4.74 Å². The third-order valence-corrected chi connectivity index (χ3v) is 6.14. The van der Waals surface area contributed by atoms with Crippen molar-refractivity contribution in [1.82, 2.24) is 0 Å². The number of fused-ring (bicyclic) bond motifs is 2. The topological polar surface area (TPSA) is 29.5 Å². The lowest BCUT2D eigenvalue weighted by molar-refractivity contribution is 0.181. The molecule has 0 saturated heterocycles. The lowest BCUT2D eigenvalue weighted by Crippen LogP contribution is -2.01. The van der Waals surface area contributed by atoms with Gasteiger partial charge in [-0.2, -0.15) is 0 Å². The Morgan fingerprint density at radius 2 is 2.19 bits per heavy atom. The normalized spacial score (nSPS) is 15.1.